The van der Waals surface area contributed by atoms with Crippen LogP contribution in [0.5, 0.6) is 0 Å². The molecule has 0 unspecified atom stereocenters. The fraction of sp³-hybridized carbons (Fsp3) is 0.400. The Hall–Kier alpha value is -3.57. The summed E-state index contributed by atoms with van der Waals surface area (Å²) >= 11 is 0. The zero-order valence-corrected chi connectivity index (χ0v) is 20.2. The van der Waals surface area contributed by atoms with Crippen LogP contribution in [0, 0.1) is 5.95 Å². The minimum atomic E-state index is -1.33. The first-order valence-corrected chi connectivity index (χ1v) is 11.9. The highest BCUT2D eigenvalue weighted by Gasteiger charge is 2.40. The maximum atomic E-state index is 14.8. The summed E-state index contributed by atoms with van der Waals surface area (Å²) < 4.78 is 29.2. The lowest BCUT2D eigenvalue weighted by atomic mass is 9.98. The monoisotopic (exact) mass is 499 g/mol. The summed E-state index contributed by atoms with van der Waals surface area (Å²) in [7, 11) is 0. The molecule has 192 valence electrons. The van der Waals surface area contributed by atoms with Gasteiger partial charge in [-0.3, -0.25) is 9.59 Å². The van der Waals surface area contributed by atoms with Gasteiger partial charge < -0.3 is 26.8 Å². The first-order chi connectivity index (χ1) is 17.3. The Labute approximate surface area is 208 Å². The number of amides is 2. The third-order valence-electron chi connectivity index (χ3n) is 6.38. The van der Waals surface area contributed by atoms with Gasteiger partial charge in [-0.2, -0.15) is 9.93 Å². The maximum Gasteiger partial charge on any atom is 0.243 e. The topological polar surface area (TPSA) is 124 Å². The molecule has 2 aliphatic rings. The molecule has 0 aliphatic carbocycles. The molecular formula is C25H31F2N7O2. The van der Waals surface area contributed by atoms with E-state index in [1.54, 1.807) is 30.5 Å². The highest BCUT2D eigenvalue weighted by atomic mass is 19.1. The second-order valence-electron chi connectivity index (χ2n) is 9.30. The second-order valence-corrected chi connectivity index (χ2v) is 9.30. The van der Waals surface area contributed by atoms with Crippen LogP contribution in [0.1, 0.15) is 61.0 Å². The van der Waals surface area contributed by atoms with Crippen LogP contribution in [0.4, 0.5) is 8.78 Å². The highest BCUT2D eigenvalue weighted by molar-refractivity contribution is 5.89. The number of alkyl halides is 1. The van der Waals surface area contributed by atoms with Gasteiger partial charge in [0.25, 0.3) is 0 Å². The van der Waals surface area contributed by atoms with E-state index in [2.05, 4.69) is 26.7 Å². The predicted molar refractivity (Wildman–Crippen MR) is 130 cm³/mol. The van der Waals surface area contributed by atoms with Crippen molar-refractivity contribution in [3.8, 4) is 0 Å². The van der Waals surface area contributed by atoms with Crippen LogP contribution in [0.3, 0.4) is 0 Å². The van der Waals surface area contributed by atoms with Crippen LogP contribution < -0.4 is 27.4 Å². The summed E-state index contributed by atoms with van der Waals surface area (Å²) in [6.07, 6.45) is 0.107. The number of pyridine rings is 1. The number of benzene rings is 1. The number of carbonyl (C=O) groups is 2. The molecule has 0 radical (unpaired) electrons. The van der Waals surface area contributed by atoms with Crippen molar-refractivity contribution in [1.29, 1.82) is 0 Å². The standard InChI is InChI=1S/C25H31F2N7O2/c1-14(2)19-6-7-20(30-24(19)27)23(16-5-3-4-15(8-16)11-28)31-25(36)21-9-17(26)13-34(21)22(35)10-18-12-29-33-32-18/h3-8,12,14,17,21,23,29,32-33H,9-11,13,28H2,1-2H3,(H,31,36)/t17-,21+,23+/m1/s1. The third kappa shape index (κ3) is 5.63. The quantitative estimate of drug-likeness (QED) is 0.351. The number of nitrogens with one attached hydrogen (secondary N) is 4. The number of nitrogens with two attached hydrogens (primary N) is 1. The molecule has 36 heavy (non-hydrogen) atoms. The molecule has 6 N–H and O–H groups in total. The molecule has 4 rings (SSSR count). The Morgan fingerprint density at radius 3 is 2.75 bits per heavy atom. The maximum absolute atomic E-state index is 14.8. The van der Waals surface area contributed by atoms with Crippen LogP contribution in [0.15, 0.2) is 48.3 Å². The summed E-state index contributed by atoms with van der Waals surface area (Å²) in [5.41, 5.74) is 16.7. The predicted octanol–water partition coefficient (Wildman–Crippen LogP) is 1.79. The molecule has 3 heterocycles. The van der Waals surface area contributed by atoms with Gasteiger partial charge in [-0.1, -0.05) is 44.2 Å². The van der Waals surface area contributed by atoms with E-state index in [1.165, 1.54) is 4.90 Å². The summed E-state index contributed by atoms with van der Waals surface area (Å²) in [5.74, 6) is -1.59. The average Bonchev–Trinajstić information content (AvgIpc) is 3.51. The van der Waals surface area contributed by atoms with E-state index in [0.717, 1.165) is 5.56 Å². The second kappa shape index (κ2) is 11.0. The smallest absolute Gasteiger partial charge is 0.243 e. The number of aromatic nitrogens is 1. The number of rotatable bonds is 8. The molecule has 3 atom stereocenters. The zero-order chi connectivity index (χ0) is 25.8. The van der Waals surface area contributed by atoms with Crippen molar-refractivity contribution in [2.45, 2.75) is 57.4 Å². The third-order valence-corrected chi connectivity index (χ3v) is 6.38. The van der Waals surface area contributed by atoms with E-state index in [-0.39, 0.29) is 37.8 Å². The van der Waals surface area contributed by atoms with Gasteiger partial charge in [0, 0.05) is 24.7 Å². The average molecular weight is 500 g/mol. The normalized spacial score (nSPS) is 20.1. The number of carbonyl (C=O) groups excluding carboxylic acids is 2. The van der Waals surface area contributed by atoms with Crippen LogP contribution in [-0.2, 0) is 16.1 Å². The summed E-state index contributed by atoms with van der Waals surface area (Å²) in [6, 6.07) is 8.75. The molecule has 0 saturated carbocycles. The van der Waals surface area contributed by atoms with Gasteiger partial charge in [0.15, 0.2) is 0 Å². The van der Waals surface area contributed by atoms with Crippen molar-refractivity contribution < 1.29 is 18.4 Å². The molecule has 2 amide bonds. The van der Waals surface area contributed by atoms with Crippen molar-refractivity contribution in [3.05, 3.63) is 76.6 Å². The van der Waals surface area contributed by atoms with Crippen molar-refractivity contribution in [1.82, 2.24) is 31.6 Å². The van der Waals surface area contributed by atoms with Crippen LogP contribution in [-0.4, -0.2) is 40.5 Å². The van der Waals surface area contributed by atoms with Crippen molar-refractivity contribution in [2.24, 2.45) is 5.73 Å². The fourth-order valence-electron chi connectivity index (χ4n) is 4.46. The molecule has 9 nitrogen and oxygen atoms in total. The van der Waals surface area contributed by atoms with Crippen molar-refractivity contribution >= 4 is 11.8 Å². The van der Waals surface area contributed by atoms with Gasteiger partial charge in [0.1, 0.15) is 12.2 Å². The Morgan fingerprint density at radius 2 is 2.08 bits per heavy atom. The molecule has 0 spiro atoms. The summed E-state index contributed by atoms with van der Waals surface area (Å²) in [6.45, 7) is 3.84. The van der Waals surface area contributed by atoms with Gasteiger partial charge in [0.05, 0.1) is 30.4 Å². The molecule has 11 heteroatoms. The number of likely N-dealkylation sites (tertiary alicyclic amines) is 1. The Balaban J connectivity index is 1.61. The number of nitrogens with zero attached hydrogens (tertiary/aromatic N) is 2. The minimum Gasteiger partial charge on any atom is -0.342 e. The lowest BCUT2D eigenvalue weighted by molar-refractivity contribution is -0.138. The Morgan fingerprint density at radius 1 is 1.28 bits per heavy atom. The number of hydrazine groups is 2. The Kier molecular flexibility index (Phi) is 7.80. The van der Waals surface area contributed by atoms with E-state index in [9.17, 15) is 18.4 Å². The number of hydrogen-bond donors (Lipinski definition) is 5. The molecular weight excluding hydrogens is 468 g/mol. The summed E-state index contributed by atoms with van der Waals surface area (Å²) in [4.78, 5) is 31.7. The van der Waals surface area contributed by atoms with E-state index < -0.39 is 30.1 Å². The minimum absolute atomic E-state index is 0.0259. The van der Waals surface area contributed by atoms with E-state index in [0.29, 0.717) is 22.5 Å². The number of halogens is 2. The van der Waals surface area contributed by atoms with Crippen LogP contribution in [0.25, 0.3) is 0 Å². The first kappa shape index (κ1) is 25.5. The first-order valence-electron chi connectivity index (χ1n) is 11.9. The lowest BCUT2D eigenvalue weighted by Gasteiger charge is -2.27. The van der Waals surface area contributed by atoms with E-state index >= 15 is 0 Å². The van der Waals surface area contributed by atoms with E-state index in [1.807, 2.05) is 26.0 Å². The Bertz CT molecular complexity index is 1160. The molecule has 2 aromatic rings. The SMILES string of the molecule is CC(C)c1ccc([C@@H](NC(=O)[C@@H]2C[C@@H](F)CN2C(=O)CC2=CNNN2)c2cccc(CN)c2)nc1F. The van der Waals surface area contributed by atoms with Crippen molar-refractivity contribution in [3.63, 3.8) is 0 Å². The largest absolute Gasteiger partial charge is 0.342 e. The number of hydrogen-bond acceptors (Lipinski definition) is 7. The zero-order valence-electron chi connectivity index (χ0n) is 20.2. The molecule has 2 aliphatic heterocycles. The van der Waals surface area contributed by atoms with Gasteiger partial charge in [-0.05, 0) is 23.1 Å². The molecule has 1 fully saturated rings. The van der Waals surface area contributed by atoms with E-state index in [4.69, 9.17) is 5.73 Å². The van der Waals surface area contributed by atoms with Crippen molar-refractivity contribution in [2.75, 3.05) is 6.54 Å². The van der Waals surface area contributed by atoms with Gasteiger partial charge >= 0.3 is 0 Å². The van der Waals surface area contributed by atoms with Crippen LogP contribution in [0.2, 0.25) is 0 Å². The molecule has 1 aromatic heterocycles. The molecule has 1 aromatic carbocycles. The van der Waals surface area contributed by atoms with Gasteiger partial charge in [-0.15, -0.1) is 0 Å². The fourth-order valence-corrected chi connectivity index (χ4v) is 4.46. The molecule has 0 bridgehead atoms. The van der Waals surface area contributed by atoms with Gasteiger partial charge in [0.2, 0.25) is 17.8 Å². The summed E-state index contributed by atoms with van der Waals surface area (Å²) in [5, 5.41) is 2.89. The highest BCUT2D eigenvalue weighted by Crippen LogP contribution is 2.27. The van der Waals surface area contributed by atoms with Gasteiger partial charge in [-0.25, -0.2) is 9.37 Å². The van der Waals surface area contributed by atoms with Crippen LogP contribution >= 0.6 is 0 Å². The molecule has 1 saturated heterocycles. The lowest BCUT2D eigenvalue weighted by Crippen LogP contribution is -2.47.